The van der Waals surface area contributed by atoms with Gasteiger partial charge in [0.05, 0.1) is 23.4 Å². The minimum absolute atomic E-state index is 0.498. The molecule has 0 aromatic carbocycles. The van der Waals surface area contributed by atoms with Gasteiger partial charge in [-0.15, -0.1) is 11.3 Å². The number of hydrogen-bond donors (Lipinski definition) is 2. The lowest BCUT2D eigenvalue weighted by molar-refractivity contribution is 0.0277. The summed E-state index contributed by atoms with van der Waals surface area (Å²) in [6.07, 6.45) is 9.02. The molecule has 1 saturated carbocycles. The monoisotopic (exact) mass is 352 g/mol. The normalized spacial score (nSPS) is 16.3. The van der Waals surface area contributed by atoms with Gasteiger partial charge in [-0.1, -0.05) is 26.2 Å². The highest BCUT2D eigenvalue weighted by Crippen LogP contribution is 2.20. The third-order valence-corrected chi connectivity index (χ3v) is 5.21. The number of rotatable bonds is 9. The highest BCUT2D eigenvalue weighted by Gasteiger charge is 2.12. The Morgan fingerprint density at radius 2 is 2.12 bits per heavy atom. The van der Waals surface area contributed by atoms with E-state index < -0.39 is 0 Å². The van der Waals surface area contributed by atoms with Gasteiger partial charge < -0.3 is 15.4 Å². The van der Waals surface area contributed by atoms with Gasteiger partial charge in [0, 0.05) is 25.1 Å². The summed E-state index contributed by atoms with van der Waals surface area (Å²) in [5.41, 5.74) is 1.05. The van der Waals surface area contributed by atoms with Gasteiger partial charge in [-0.25, -0.2) is 9.98 Å². The summed E-state index contributed by atoms with van der Waals surface area (Å²) in [6, 6.07) is 0. The summed E-state index contributed by atoms with van der Waals surface area (Å²) in [6.45, 7) is 7.43. The Bertz CT molecular complexity index is 483. The number of aryl methyl sites for hydroxylation is 1. The van der Waals surface area contributed by atoms with Crippen LogP contribution in [0.25, 0.3) is 0 Å². The predicted molar refractivity (Wildman–Crippen MR) is 102 cm³/mol. The number of hydrogen-bond acceptors (Lipinski definition) is 4. The maximum absolute atomic E-state index is 5.96. The number of thiazole rings is 1. The maximum Gasteiger partial charge on any atom is 0.191 e. The fourth-order valence-electron chi connectivity index (χ4n) is 2.85. The molecule has 0 aliphatic heterocycles. The van der Waals surface area contributed by atoms with E-state index in [4.69, 9.17) is 4.74 Å². The molecule has 1 aliphatic carbocycles. The highest BCUT2D eigenvalue weighted by atomic mass is 32.1. The second-order valence-corrected chi connectivity index (χ2v) is 7.14. The highest BCUT2D eigenvalue weighted by molar-refractivity contribution is 7.09. The maximum atomic E-state index is 5.96. The molecule has 0 unspecified atom stereocenters. The Kier molecular flexibility index (Phi) is 9.13. The van der Waals surface area contributed by atoms with E-state index in [0.29, 0.717) is 12.6 Å². The lowest BCUT2D eigenvalue weighted by atomic mass is 9.98. The predicted octanol–water partition coefficient (Wildman–Crippen LogP) is 3.50. The van der Waals surface area contributed by atoms with Crippen molar-refractivity contribution in [1.29, 1.82) is 0 Å². The van der Waals surface area contributed by atoms with Crippen LogP contribution in [0.2, 0.25) is 0 Å². The first-order valence-corrected chi connectivity index (χ1v) is 10.3. The van der Waals surface area contributed by atoms with Crippen molar-refractivity contribution in [3.8, 4) is 0 Å². The topological polar surface area (TPSA) is 58.5 Å². The van der Waals surface area contributed by atoms with Crippen molar-refractivity contribution in [3.63, 3.8) is 0 Å². The molecule has 2 rings (SSSR count). The second-order valence-electron chi connectivity index (χ2n) is 6.19. The van der Waals surface area contributed by atoms with Crippen molar-refractivity contribution in [2.24, 2.45) is 4.99 Å². The average molecular weight is 353 g/mol. The quantitative estimate of drug-likeness (QED) is 0.406. The van der Waals surface area contributed by atoms with E-state index in [-0.39, 0.29) is 0 Å². The Hall–Kier alpha value is -1.14. The molecule has 1 aliphatic rings. The standard InChI is InChI=1S/C18H32N4OS/c1-3-17-22-15(14-24-17)13-21-18(19-4-2)20-11-8-12-23-16-9-6-5-7-10-16/h14,16H,3-13H2,1-2H3,(H2,19,20,21). The van der Waals surface area contributed by atoms with E-state index in [1.807, 2.05) is 0 Å². The van der Waals surface area contributed by atoms with Gasteiger partial charge in [0.15, 0.2) is 5.96 Å². The second kappa shape index (κ2) is 11.4. The molecule has 1 aromatic heterocycles. The van der Waals surface area contributed by atoms with Crippen LogP contribution < -0.4 is 10.6 Å². The molecule has 1 heterocycles. The summed E-state index contributed by atoms with van der Waals surface area (Å²) in [5.74, 6) is 0.862. The zero-order chi connectivity index (χ0) is 17.0. The van der Waals surface area contributed by atoms with Gasteiger partial charge >= 0.3 is 0 Å². The van der Waals surface area contributed by atoms with Gasteiger partial charge in [0.2, 0.25) is 0 Å². The number of guanidine groups is 1. The first-order chi connectivity index (χ1) is 11.8. The van der Waals surface area contributed by atoms with Crippen LogP contribution in [0, 0.1) is 0 Å². The van der Waals surface area contributed by atoms with Gasteiger partial charge in [-0.3, -0.25) is 0 Å². The smallest absolute Gasteiger partial charge is 0.191 e. The van der Waals surface area contributed by atoms with Gasteiger partial charge in [-0.05, 0) is 32.6 Å². The molecule has 0 spiro atoms. The van der Waals surface area contributed by atoms with Crippen molar-refractivity contribution >= 4 is 17.3 Å². The van der Waals surface area contributed by atoms with Crippen molar-refractivity contribution in [1.82, 2.24) is 15.6 Å². The molecular formula is C18H32N4OS. The van der Waals surface area contributed by atoms with E-state index in [1.54, 1.807) is 11.3 Å². The van der Waals surface area contributed by atoms with Crippen LogP contribution in [0.1, 0.15) is 63.1 Å². The fourth-order valence-corrected chi connectivity index (χ4v) is 3.58. The van der Waals surface area contributed by atoms with Gasteiger partial charge in [0.25, 0.3) is 0 Å². The molecule has 0 atom stereocenters. The Labute approximate surface area is 150 Å². The number of aliphatic imine (C=N–C) groups is 1. The summed E-state index contributed by atoms with van der Waals surface area (Å²) in [4.78, 5) is 9.17. The minimum Gasteiger partial charge on any atom is -0.378 e. The molecule has 1 fully saturated rings. The first kappa shape index (κ1) is 19.2. The molecular weight excluding hydrogens is 320 g/mol. The summed E-state index contributed by atoms with van der Waals surface area (Å²) >= 11 is 1.71. The fraction of sp³-hybridized carbons (Fsp3) is 0.778. The van der Waals surface area contributed by atoms with Crippen LogP contribution >= 0.6 is 11.3 Å². The number of aromatic nitrogens is 1. The van der Waals surface area contributed by atoms with E-state index in [0.717, 1.165) is 44.2 Å². The van der Waals surface area contributed by atoms with Crippen LogP contribution in [0.15, 0.2) is 10.4 Å². The zero-order valence-corrected chi connectivity index (χ0v) is 16.0. The van der Waals surface area contributed by atoms with E-state index >= 15 is 0 Å². The van der Waals surface area contributed by atoms with Crippen molar-refractivity contribution in [2.75, 3.05) is 19.7 Å². The summed E-state index contributed by atoms with van der Waals surface area (Å²) < 4.78 is 5.96. The third-order valence-electron chi connectivity index (χ3n) is 4.16. The minimum atomic E-state index is 0.498. The Morgan fingerprint density at radius 3 is 2.83 bits per heavy atom. The molecule has 2 N–H and O–H groups in total. The molecule has 0 bridgehead atoms. The Morgan fingerprint density at radius 1 is 1.29 bits per heavy atom. The molecule has 24 heavy (non-hydrogen) atoms. The van der Waals surface area contributed by atoms with Crippen LogP contribution in [0.4, 0.5) is 0 Å². The number of nitrogens with one attached hydrogen (secondary N) is 2. The summed E-state index contributed by atoms with van der Waals surface area (Å²) in [5, 5.41) is 9.95. The lowest BCUT2D eigenvalue weighted by Crippen LogP contribution is -2.38. The molecule has 0 radical (unpaired) electrons. The molecule has 136 valence electrons. The third kappa shape index (κ3) is 7.18. The van der Waals surface area contributed by atoms with E-state index in [1.165, 1.54) is 37.1 Å². The molecule has 0 saturated heterocycles. The number of nitrogens with zero attached hydrogens (tertiary/aromatic N) is 2. The molecule has 6 heteroatoms. The van der Waals surface area contributed by atoms with Crippen LogP contribution in [0.3, 0.4) is 0 Å². The van der Waals surface area contributed by atoms with Crippen LogP contribution in [-0.4, -0.2) is 36.7 Å². The summed E-state index contributed by atoms with van der Waals surface area (Å²) in [7, 11) is 0. The molecule has 0 amide bonds. The SMILES string of the molecule is CCNC(=NCc1csc(CC)n1)NCCCOC1CCCCC1. The van der Waals surface area contributed by atoms with Crippen molar-refractivity contribution in [3.05, 3.63) is 16.1 Å². The van der Waals surface area contributed by atoms with Crippen molar-refractivity contribution in [2.45, 2.75) is 71.4 Å². The average Bonchev–Trinajstić information content (AvgIpc) is 3.08. The molecule has 5 nitrogen and oxygen atoms in total. The number of ether oxygens (including phenoxy) is 1. The van der Waals surface area contributed by atoms with Gasteiger partial charge in [-0.2, -0.15) is 0 Å². The van der Waals surface area contributed by atoms with E-state index in [9.17, 15) is 0 Å². The lowest BCUT2D eigenvalue weighted by Gasteiger charge is -2.22. The molecule has 1 aromatic rings. The van der Waals surface area contributed by atoms with Gasteiger partial charge in [0.1, 0.15) is 0 Å². The first-order valence-electron chi connectivity index (χ1n) is 9.38. The van der Waals surface area contributed by atoms with Crippen LogP contribution in [-0.2, 0) is 17.7 Å². The largest absolute Gasteiger partial charge is 0.378 e. The van der Waals surface area contributed by atoms with Crippen molar-refractivity contribution < 1.29 is 4.74 Å². The van der Waals surface area contributed by atoms with E-state index in [2.05, 4.69) is 39.8 Å². The van der Waals surface area contributed by atoms with Crippen LogP contribution in [0.5, 0.6) is 0 Å². The Balaban J connectivity index is 1.65. The zero-order valence-electron chi connectivity index (χ0n) is 15.1.